The van der Waals surface area contributed by atoms with Crippen LogP contribution in [0.25, 0.3) is 0 Å². The van der Waals surface area contributed by atoms with Crippen LogP contribution in [0.4, 0.5) is 22.7 Å². The van der Waals surface area contributed by atoms with Gasteiger partial charge in [-0.25, -0.2) is 0 Å². The van der Waals surface area contributed by atoms with Gasteiger partial charge in [0.05, 0.1) is 9.85 Å². The molecule has 0 aromatic heterocycles. The monoisotopic (exact) mass is 727 g/mol. The van der Waals surface area contributed by atoms with Crippen molar-refractivity contribution in [2.45, 2.75) is 145 Å². The number of hydrogen-bond acceptors (Lipinski definition) is 6. The van der Waals surface area contributed by atoms with Gasteiger partial charge in [0.2, 0.25) is 0 Å². The van der Waals surface area contributed by atoms with Crippen LogP contribution in [0.5, 0.6) is 0 Å². The van der Waals surface area contributed by atoms with E-state index in [2.05, 4.69) is 69.2 Å². The summed E-state index contributed by atoms with van der Waals surface area (Å²) in [6.07, 6.45) is 1.10. The van der Waals surface area contributed by atoms with E-state index < -0.39 is 0 Å². The minimum atomic E-state index is -0.288. The Morgan fingerprint density at radius 3 is 0.698 bits per heavy atom. The van der Waals surface area contributed by atoms with Crippen molar-refractivity contribution in [2.75, 3.05) is 11.5 Å². The van der Waals surface area contributed by atoms with E-state index >= 15 is 0 Å². The molecule has 0 bridgehead atoms. The highest BCUT2D eigenvalue weighted by Crippen LogP contribution is 2.33. The van der Waals surface area contributed by atoms with Gasteiger partial charge in [-0.1, -0.05) is 6.92 Å². The predicted molar refractivity (Wildman–Crippen MR) is 227 cm³/mol. The molecule has 0 unspecified atom stereocenters. The number of nitrogens with zero attached hydrogens (tertiary/aromatic N) is 2. The molecular weight excluding hydrogens is 661 g/mol. The van der Waals surface area contributed by atoms with Gasteiger partial charge in [-0.05, 0) is 227 Å². The second kappa shape index (κ2) is 18.4. The highest BCUT2D eigenvalue weighted by molar-refractivity contribution is 5.63. The maximum atomic E-state index is 10.9. The van der Waals surface area contributed by atoms with Crippen LogP contribution in [0, 0.1) is 152 Å². The Hall–Kier alpha value is -4.72. The molecule has 290 valence electrons. The molecule has 4 aromatic carbocycles. The Morgan fingerprint density at radius 2 is 0.509 bits per heavy atom. The van der Waals surface area contributed by atoms with Crippen molar-refractivity contribution in [2.24, 2.45) is 0 Å². The average molecular weight is 727 g/mol. The van der Waals surface area contributed by atoms with E-state index in [1.807, 2.05) is 69.2 Å². The summed E-state index contributed by atoms with van der Waals surface area (Å²) in [5.41, 5.74) is 37.2. The molecule has 4 N–H and O–H groups in total. The van der Waals surface area contributed by atoms with Crippen LogP contribution < -0.4 is 11.5 Å². The first kappa shape index (κ1) is 46.3. The lowest BCUT2D eigenvalue weighted by Gasteiger charge is -2.16. The third kappa shape index (κ3) is 9.45. The fourth-order valence-corrected chi connectivity index (χ4v) is 6.99. The van der Waals surface area contributed by atoms with Crippen LogP contribution in [-0.2, 0) is 6.42 Å². The number of nitrogen functional groups attached to an aromatic ring is 2. The molecule has 0 saturated carbocycles. The summed E-state index contributed by atoms with van der Waals surface area (Å²) < 4.78 is 0. The van der Waals surface area contributed by atoms with Gasteiger partial charge in [0, 0.05) is 33.6 Å². The molecule has 53 heavy (non-hydrogen) atoms. The number of nitro benzene ring substituents is 2. The van der Waals surface area contributed by atoms with Crippen molar-refractivity contribution in [3.05, 3.63) is 131 Å². The van der Waals surface area contributed by atoms with E-state index in [0.29, 0.717) is 0 Å². The quantitative estimate of drug-likeness (QED) is 0.122. The molecule has 0 saturated heterocycles. The van der Waals surface area contributed by atoms with Gasteiger partial charge in [0.15, 0.2) is 0 Å². The summed E-state index contributed by atoms with van der Waals surface area (Å²) in [7, 11) is 0. The Kier molecular flexibility index (Phi) is 16.0. The molecule has 0 heterocycles. The molecule has 0 atom stereocenters. The van der Waals surface area contributed by atoms with Crippen molar-refractivity contribution in [1.82, 2.24) is 0 Å². The maximum Gasteiger partial charge on any atom is 0.275 e. The van der Waals surface area contributed by atoms with Crippen LogP contribution in [0.1, 0.15) is 118 Å². The molecule has 4 aromatic rings. The van der Waals surface area contributed by atoms with Crippen LogP contribution >= 0.6 is 0 Å². The summed E-state index contributed by atoms with van der Waals surface area (Å²) >= 11 is 0. The average Bonchev–Trinajstić information content (AvgIpc) is 3.11. The van der Waals surface area contributed by atoms with Crippen LogP contribution in [0.15, 0.2) is 0 Å². The van der Waals surface area contributed by atoms with E-state index in [1.54, 1.807) is 0 Å². The number of benzene rings is 4. The Morgan fingerprint density at radius 1 is 0.340 bits per heavy atom. The molecule has 8 heteroatoms. The molecule has 0 aliphatic carbocycles. The van der Waals surface area contributed by atoms with E-state index in [4.69, 9.17) is 11.5 Å². The second-order valence-electron chi connectivity index (χ2n) is 14.7. The normalized spacial score (nSPS) is 10.4. The van der Waals surface area contributed by atoms with Gasteiger partial charge < -0.3 is 11.5 Å². The number of hydrogen-bond donors (Lipinski definition) is 2. The first-order valence-corrected chi connectivity index (χ1v) is 18.3. The summed E-state index contributed by atoms with van der Waals surface area (Å²) in [5, 5.41) is 21.7. The molecule has 0 aliphatic rings. The lowest BCUT2D eigenvalue weighted by Crippen LogP contribution is -2.03. The highest BCUT2D eigenvalue weighted by Gasteiger charge is 2.21. The van der Waals surface area contributed by atoms with Gasteiger partial charge in [-0.15, -0.1) is 0 Å². The molecule has 0 amide bonds. The number of nitrogens with two attached hydrogens (primary N) is 2. The summed E-state index contributed by atoms with van der Waals surface area (Å²) in [4.78, 5) is 21.2. The summed E-state index contributed by atoms with van der Waals surface area (Å²) in [5.74, 6) is 0. The molecule has 0 radical (unpaired) electrons. The second-order valence-corrected chi connectivity index (χ2v) is 14.7. The maximum absolute atomic E-state index is 10.9. The topological polar surface area (TPSA) is 138 Å². The molecule has 0 aliphatic heterocycles. The fourth-order valence-electron chi connectivity index (χ4n) is 6.99. The first-order chi connectivity index (χ1) is 24.2. The molecular formula is C45H66N4O4. The van der Waals surface area contributed by atoms with E-state index in [1.165, 1.54) is 55.6 Å². The van der Waals surface area contributed by atoms with Crippen LogP contribution in [0.3, 0.4) is 0 Å². The Labute approximate surface area is 319 Å². The van der Waals surface area contributed by atoms with E-state index in [-0.39, 0.29) is 21.2 Å². The predicted octanol–water partition coefficient (Wildman–Crippen LogP) is 12.1. The van der Waals surface area contributed by atoms with Crippen molar-refractivity contribution in [3.63, 3.8) is 0 Å². The zero-order valence-corrected chi connectivity index (χ0v) is 36.4. The van der Waals surface area contributed by atoms with Gasteiger partial charge >= 0.3 is 0 Å². The number of nitro groups is 2. The van der Waals surface area contributed by atoms with Gasteiger partial charge in [-0.2, -0.15) is 0 Å². The van der Waals surface area contributed by atoms with Crippen molar-refractivity contribution < 1.29 is 9.85 Å². The van der Waals surface area contributed by atoms with Crippen LogP contribution in [0.2, 0.25) is 0 Å². The SMILES string of the molecule is CCc1c(C)c(C)c(N)c(C)c1C.Cc1c(C)c(C)c(N)c(C)c1C.Cc1c(C)c(C)c([N+](=O)[O-])c(C)c1C.Cc1c(C)c(C)c([N+](=O)[O-])c(C)c1C. The molecule has 0 spiro atoms. The largest absolute Gasteiger partial charge is 0.398 e. The lowest BCUT2D eigenvalue weighted by molar-refractivity contribution is -0.386. The lowest BCUT2D eigenvalue weighted by atomic mass is 9.91. The Balaban J connectivity index is 0.000000354. The van der Waals surface area contributed by atoms with E-state index in [0.717, 1.165) is 73.4 Å². The molecule has 8 nitrogen and oxygen atoms in total. The summed E-state index contributed by atoms with van der Waals surface area (Å²) in [6.45, 7) is 40.3. The van der Waals surface area contributed by atoms with Gasteiger partial charge in [-0.3, -0.25) is 20.2 Å². The third-order valence-electron chi connectivity index (χ3n) is 12.5. The standard InChI is InChI=1S/C12H19N.2C11H15NO2.C11H17N/c1-6-11-7(2)9(4)12(13)10(5)8(11)3;2*1-6-7(2)9(4)11(12(13)14)10(5)8(6)3;1-6-7(2)9(4)11(12)10(5)8(6)3/h6,13H2,1-5H3;2*1-5H3;12H2,1-5H3. The van der Waals surface area contributed by atoms with Crippen LogP contribution in [-0.4, -0.2) is 9.85 Å². The number of rotatable bonds is 3. The fraction of sp³-hybridized carbons (Fsp3) is 0.467. The van der Waals surface area contributed by atoms with Crippen molar-refractivity contribution in [1.29, 1.82) is 0 Å². The van der Waals surface area contributed by atoms with Gasteiger partial charge in [0.1, 0.15) is 0 Å². The zero-order chi connectivity index (χ0) is 41.7. The first-order valence-electron chi connectivity index (χ1n) is 18.3. The Bertz CT molecular complexity index is 1800. The summed E-state index contributed by atoms with van der Waals surface area (Å²) in [6, 6.07) is 0. The van der Waals surface area contributed by atoms with Crippen molar-refractivity contribution in [3.8, 4) is 0 Å². The zero-order valence-electron chi connectivity index (χ0n) is 36.4. The van der Waals surface area contributed by atoms with E-state index in [9.17, 15) is 20.2 Å². The smallest absolute Gasteiger partial charge is 0.275 e. The minimum Gasteiger partial charge on any atom is -0.398 e. The van der Waals surface area contributed by atoms with Crippen molar-refractivity contribution >= 4 is 22.7 Å². The van der Waals surface area contributed by atoms with Gasteiger partial charge in [0.25, 0.3) is 11.4 Å². The molecule has 4 rings (SSSR count). The third-order valence-corrected chi connectivity index (χ3v) is 12.5. The molecule has 0 fully saturated rings. The highest BCUT2D eigenvalue weighted by atomic mass is 16.6. The minimum absolute atomic E-state index is 0.269. The number of anilines is 2.